The van der Waals surface area contributed by atoms with E-state index in [1.165, 1.54) is 13.2 Å². The number of ether oxygens (including phenoxy) is 2. The molecule has 2 aliphatic rings. The van der Waals surface area contributed by atoms with E-state index >= 15 is 0 Å². The topological polar surface area (TPSA) is 136 Å². The van der Waals surface area contributed by atoms with Crippen molar-refractivity contribution in [2.75, 3.05) is 51.9 Å². The third-order valence-electron chi connectivity index (χ3n) is 6.89. The minimum Gasteiger partial charge on any atom is -0.466 e. The van der Waals surface area contributed by atoms with E-state index in [0.29, 0.717) is 18.7 Å². The number of nitriles is 1. The fourth-order valence-electron chi connectivity index (χ4n) is 5.00. The maximum Gasteiger partial charge on any atom is 0.338 e. The lowest BCUT2D eigenvalue weighted by Crippen LogP contribution is -2.55. The number of carbonyl (C=O) groups excluding carboxylic acids is 3. The molecule has 41 heavy (non-hydrogen) atoms. The lowest BCUT2D eigenvalue weighted by atomic mass is 9.93. The second-order valence-corrected chi connectivity index (χ2v) is 9.44. The van der Waals surface area contributed by atoms with Crippen molar-refractivity contribution in [3.8, 4) is 6.07 Å². The van der Waals surface area contributed by atoms with Gasteiger partial charge in [0.15, 0.2) is 11.6 Å². The Bertz CT molecular complexity index is 1390. The van der Waals surface area contributed by atoms with Gasteiger partial charge in [-0.1, -0.05) is 18.2 Å². The van der Waals surface area contributed by atoms with Crippen LogP contribution in [0.1, 0.15) is 23.6 Å². The molecule has 0 aliphatic carbocycles. The highest BCUT2D eigenvalue weighted by Gasteiger charge is 2.43. The molecule has 13 heteroatoms. The Morgan fingerprint density at radius 2 is 1.93 bits per heavy atom. The molecule has 2 heterocycles. The Hall–Kier alpha value is -4.54. The average Bonchev–Trinajstić information content (AvgIpc) is 3.45. The van der Waals surface area contributed by atoms with Crippen LogP contribution in [0.4, 0.5) is 24.1 Å². The average molecular weight is 569 g/mol. The number of urea groups is 2. The van der Waals surface area contributed by atoms with Crippen LogP contribution in [0.2, 0.25) is 0 Å². The van der Waals surface area contributed by atoms with Gasteiger partial charge in [0.1, 0.15) is 12.1 Å². The van der Waals surface area contributed by atoms with Gasteiger partial charge in [0.2, 0.25) is 0 Å². The van der Waals surface area contributed by atoms with Crippen LogP contribution in [0.15, 0.2) is 53.7 Å². The van der Waals surface area contributed by atoms with Crippen molar-refractivity contribution in [3.05, 3.63) is 76.5 Å². The zero-order chi connectivity index (χ0) is 29.5. The highest BCUT2D eigenvalue weighted by Crippen LogP contribution is 2.35. The van der Waals surface area contributed by atoms with Gasteiger partial charge >= 0.3 is 18.0 Å². The molecule has 11 nitrogen and oxygen atoms in total. The summed E-state index contributed by atoms with van der Waals surface area (Å²) >= 11 is 0. The number of nitrogens with zero attached hydrogens (tertiary/aromatic N) is 3. The SMILES string of the molecule is COCC1=C(C(=O)OC)C(c2ccc(F)c(F)c2)N(C(=O)NCCNC2CCN(c3ccccc3C#N)C2)C(=O)N1. The standard InChI is InChI=1S/C28H30F2N6O5/c1-40-16-22-24(26(37)41-2)25(17-7-8-20(29)21(30)13-17)36(28(39)34-22)27(38)33-11-10-32-19-9-12-35(15-19)23-6-4-3-5-18(23)14-31/h3-8,13,19,25,32H,9-12,15-16H2,1-2H3,(H,33,38)(H,34,39). The van der Waals surface area contributed by atoms with Gasteiger partial charge in [0, 0.05) is 39.3 Å². The normalized spacial score (nSPS) is 18.7. The maximum absolute atomic E-state index is 14.2. The van der Waals surface area contributed by atoms with Crippen molar-refractivity contribution < 1.29 is 32.6 Å². The first-order valence-corrected chi connectivity index (χ1v) is 12.9. The van der Waals surface area contributed by atoms with Gasteiger partial charge in [-0.05, 0) is 36.2 Å². The van der Waals surface area contributed by atoms with Gasteiger partial charge < -0.3 is 30.3 Å². The Morgan fingerprint density at radius 3 is 2.63 bits per heavy atom. The Balaban J connectivity index is 1.46. The van der Waals surface area contributed by atoms with Crippen LogP contribution in [-0.4, -0.2) is 76.0 Å². The molecule has 2 aromatic rings. The fourth-order valence-corrected chi connectivity index (χ4v) is 5.00. The molecule has 2 unspecified atom stereocenters. The number of esters is 1. The molecule has 1 saturated heterocycles. The van der Waals surface area contributed by atoms with Gasteiger partial charge in [-0.2, -0.15) is 5.26 Å². The predicted octanol–water partition coefficient (Wildman–Crippen LogP) is 2.55. The quantitative estimate of drug-likeness (QED) is 0.310. The zero-order valence-electron chi connectivity index (χ0n) is 22.6. The summed E-state index contributed by atoms with van der Waals surface area (Å²) in [7, 11) is 2.47. The van der Waals surface area contributed by atoms with Crippen LogP contribution in [0.25, 0.3) is 0 Å². The third kappa shape index (κ3) is 6.45. The predicted molar refractivity (Wildman–Crippen MR) is 144 cm³/mol. The van der Waals surface area contributed by atoms with Crippen molar-refractivity contribution >= 4 is 23.7 Å². The zero-order valence-corrected chi connectivity index (χ0v) is 22.6. The first-order valence-electron chi connectivity index (χ1n) is 12.9. The molecule has 216 valence electrons. The molecule has 2 atom stereocenters. The largest absolute Gasteiger partial charge is 0.466 e. The smallest absolute Gasteiger partial charge is 0.338 e. The molecule has 4 rings (SSSR count). The van der Waals surface area contributed by atoms with Crippen molar-refractivity contribution in [1.29, 1.82) is 5.26 Å². The van der Waals surface area contributed by atoms with E-state index in [4.69, 9.17) is 9.47 Å². The summed E-state index contributed by atoms with van der Waals surface area (Å²) < 4.78 is 37.9. The van der Waals surface area contributed by atoms with Crippen LogP contribution in [0, 0.1) is 23.0 Å². The van der Waals surface area contributed by atoms with E-state index in [9.17, 15) is 28.4 Å². The highest BCUT2D eigenvalue weighted by atomic mass is 19.2. The number of hydrogen-bond acceptors (Lipinski definition) is 8. The van der Waals surface area contributed by atoms with E-state index in [0.717, 1.165) is 42.8 Å². The highest BCUT2D eigenvalue weighted by molar-refractivity contribution is 6.01. The molecule has 0 spiro atoms. The molecular formula is C28H30F2N6O5. The van der Waals surface area contributed by atoms with E-state index in [1.807, 2.05) is 18.2 Å². The summed E-state index contributed by atoms with van der Waals surface area (Å²) in [6.07, 6.45) is 0.829. The molecule has 3 N–H and O–H groups in total. The molecule has 1 fully saturated rings. The molecule has 0 radical (unpaired) electrons. The summed E-state index contributed by atoms with van der Waals surface area (Å²) in [4.78, 5) is 42.0. The lowest BCUT2D eigenvalue weighted by molar-refractivity contribution is -0.137. The van der Waals surface area contributed by atoms with Gasteiger partial charge in [0.25, 0.3) is 0 Å². The monoisotopic (exact) mass is 568 g/mol. The van der Waals surface area contributed by atoms with Gasteiger partial charge in [-0.25, -0.2) is 28.1 Å². The van der Waals surface area contributed by atoms with Gasteiger partial charge in [-0.15, -0.1) is 0 Å². The van der Waals surface area contributed by atoms with E-state index < -0.39 is 35.7 Å². The number of rotatable bonds is 9. The number of carbonyl (C=O) groups is 3. The van der Waals surface area contributed by atoms with Gasteiger partial charge in [-0.3, -0.25) is 0 Å². The first kappa shape index (κ1) is 29.4. The van der Waals surface area contributed by atoms with Crippen LogP contribution in [0.3, 0.4) is 0 Å². The minimum atomic E-state index is -1.41. The van der Waals surface area contributed by atoms with Crippen LogP contribution < -0.4 is 20.9 Å². The second-order valence-electron chi connectivity index (χ2n) is 9.44. The number of amides is 4. The van der Waals surface area contributed by atoms with Crippen molar-refractivity contribution in [2.45, 2.75) is 18.5 Å². The number of imide groups is 1. The summed E-state index contributed by atoms with van der Waals surface area (Å²) in [5.74, 6) is -3.22. The molecular weight excluding hydrogens is 538 g/mol. The Labute approximate surface area is 235 Å². The number of methoxy groups -OCH3 is 2. The number of anilines is 1. The lowest BCUT2D eigenvalue weighted by Gasteiger charge is -2.36. The first-order chi connectivity index (χ1) is 19.8. The molecule has 4 amide bonds. The second kappa shape index (κ2) is 13.2. The number of nitrogens with one attached hydrogen (secondary N) is 3. The van der Waals surface area contributed by atoms with Crippen molar-refractivity contribution in [1.82, 2.24) is 20.9 Å². The number of para-hydroxylation sites is 1. The Morgan fingerprint density at radius 1 is 1.15 bits per heavy atom. The van der Waals surface area contributed by atoms with Crippen molar-refractivity contribution in [3.63, 3.8) is 0 Å². The van der Waals surface area contributed by atoms with Crippen LogP contribution in [-0.2, 0) is 14.3 Å². The molecule has 2 aromatic carbocycles. The number of halogens is 2. The van der Waals surface area contributed by atoms with E-state index in [2.05, 4.69) is 26.9 Å². The third-order valence-corrected chi connectivity index (χ3v) is 6.89. The Kier molecular flexibility index (Phi) is 9.49. The summed E-state index contributed by atoms with van der Waals surface area (Å²) in [6.45, 7) is 1.73. The number of benzene rings is 2. The molecule has 2 aliphatic heterocycles. The van der Waals surface area contributed by atoms with Crippen LogP contribution >= 0.6 is 0 Å². The van der Waals surface area contributed by atoms with E-state index in [1.54, 1.807) is 6.07 Å². The summed E-state index contributed by atoms with van der Waals surface area (Å²) in [6, 6.07) is 9.41. The van der Waals surface area contributed by atoms with Crippen molar-refractivity contribution in [2.24, 2.45) is 0 Å². The minimum absolute atomic E-state index is 0.00951. The molecule has 0 bridgehead atoms. The number of hydrogen-bond donors (Lipinski definition) is 3. The summed E-state index contributed by atoms with van der Waals surface area (Å²) in [5.41, 5.74) is 1.34. The van der Waals surface area contributed by atoms with E-state index in [-0.39, 0.29) is 36.0 Å². The maximum atomic E-state index is 14.2. The summed E-state index contributed by atoms with van der Waals surface area (Å²) in [5, 5.41) is 17.9. The molecule has 0 saturated carbocycles. The molecule has 0 aromatic heterocycles. The fraction of sp³-hybridized carbons (Fsp3) is 0.357. The van der Waals surface area contributed by atoms with Crippen LogP contribution in [0.5, 0.6) is 0 Å². The van der Waals surface area contributed by atoms with Gasteiger partial charge in [0.05, 0.1) is 36.2 Å².